The fourth-order valence-corrected chi connectivity index (χ4v) is 2.19. The summed E-state index contributed by atoms with van der Waals surface area (Å²) in [6.45, 7) is 1.83. The van der Waals surface area contributed by atoms with Crippen LogP contribution in [0.15, 0.2) is 47.4 Å². The van der Waals surface area contributed by atoms with E-state index in [1.807, 2.05) is 13.0 Å². The summed E-state index contributed by atoms with van der Waals surface area (Å²) >= 11 is 6.00. The van der Waals surface area contributed by atoms with Crippen LogP contribution in [0.25, 0.3) is 11.1 Å². The van der Waals surface area contributed by atoms with E-state index in [1.165, 1.54) is 12.3 Å². The number of hydrogen-bond acceptors (Lipinski definition) is 4. The second kappa shape index (κ2) is 5.54. The topological polar surface area (TPSA) is 51.0 Å². The van der Waals surface area contributed by atoms with Crippen molar-refractivity contribution in [2.75, 3.05) is 5.32 Å². The van der Waals surface area contributed by atoms with E-state index >= 15 is 0 Å². The third kappa shape index (κ3) is 2.73. The Bertz CT molecular complexity index is 788. The van der Waals surface area contributed by atoms with Crippen molar-refractivity contribution in [3.63, 3.8) is 0 Å². The zero-order valence-corrected chi connectivity index (χ0v) is 11.9. The molecule has 21 heavy (non-hydrogen) atoms. The van der Waals surface area contributed by atoms with Crippen LogP contribution in [-0.4, -0.2) is 10.1 Å². The highest BCUT2D eigenvalue weighted by Gasteiger charge is 2.09. The second-order valence-corrected chi connectivity index (χ2v) is 4.88. The van der Waals surface area contributed by atoms with Crippen molar-refractivity contribution in [1.82, 2.24) is 10.1 Å². The predicted molar refractivity (Wildman–Crippen MR) is 79.2 cm³/mol. The molecule has 3 rings (SSSR count). The van der Waals surface area contributed by atoms with E-state index in [9.17, 15) is 4.39 Å². The van der Waals surface area contributed by atoms with Gasteiger partial charge < -0.3 is 9.84 Å². The summed E-state index contributed by atoms with van der Waals surface area (Å²) in [5, 5.41) is 7.01. The van der Waals surface area contributed by atoms with Crippen molar-refractivity contribution in [2.45, 2.75) is 6.92 Å². The number of halogens is 2. The van der Waals surface area contributed by atoms with E-state index in [1.54, 1.807) is 24.5 Å². The highest BCUT2D eigenvalue weighted by Crippen LogP contribution is 2.31. The number of hydrogen-bond donors (Lipinski definition) is 1. The first-order valence-corrected chi connectivity index (χ1v) is 6.60. The first kappa shape index (κ1) is 13.6. The number of nitrogens with zero attached hydrogens (tertiary/aromatic N) is 2. The van der Waals surface area contributed by atoms with Crippen LogP contribution in [-0.2, 0) is 0 Å². The van der Waals surface area contributed by atoms with E-state index in [-0.39, 0.29) is 5.02 Å². The number of benzene rings is 1. The van der Waals surface area contributed by atoms with Crippen LogP contribution in [0.1, 0.15) is 5.69 Å². The molecule has 2 aromatic heterocycles. The summed E-state index contributed by atoms with van der Waals surface area (Å²) in [5.74, 6) is -0.456. The van der Waals surface area contributed by atoms with Gasteiger partial charge in [0, 0.05) is 17.3 Å². The van der Waals surface area contributed by atoms with Crippen molar-refractivity contribution >= 4 is 23.0 Å². The molecule has 0 aliphatic heterocycles. The van der Waals surface area contributed by atoms with Gasteiger partial charge in [-0.1, -0.05) is 28.9 Å². The molecule has 0 aliphatic rings. The van der Waals surface area contributed by atoms with Gasteiger partial charge in [0.05, 0.1) is 16.9 Å². The number of pyridine rings is 1. The molecule has 0 saturated carbocycles. The van der Waals surface area contributed by atoms with Gasteiger partial charge in [0.1, 0.15) is 23.5 Å². The maximum Gasteiger partial charge on any atom is 0.147 e. The molecule has 0 radical (unpaired) electrons. The maximum absolute atomic E-state index is 13.5. The van der Waals surface area contributed by atoms with Gasteiger partial charge in [-0.25, -0.2) is 4.39 Å². The Labute approximate surface area is 125 Å². The lowest BCUT2D eigenvalue weighted by atomic mass is 10.1. The molecule has 0 bridgehead atoms. The minimum absolute atomic E-state index is 0.0811. The molecule has 2 heterocycles. The van der Waals surface area contributed by atoms with Crippen LogP contribution in [0.3, 0.4) is 0 Å². The van der Waals surface area contributed by atoms with Gasteiger partial charge in [0.15, 0.2) is 0 Å². The molecule has 4 nitrogen and oxygen atoms in total. The van der Waals surface area contributed by atoms with E-state index in [0.717, 1.165) is 22.6 Å². The quantitative estimate of drug-likeness (QED) is 0.769. The van der Waals surface area contributed by atoms with E-state index in [0.29, 0.717) is 5.56 Å². The molecule has 1 aromatic carbocycles. The average molecular weight is 304 g/mol. The lowest BCUT2D eigenvalue weighted by Crippen LogP contribution is -1.93. The van der Waals surface area contributed by atoms with Gasteiger partial charge in [-0.3, -0.25) is 4.98 Å². The molecular weight excluding hydrogens is 293 g/mol. The minimum Gasteiger partial charge on any atom is -0.362 e. The standard InChI is InChI=1S/C15H11ClFN3O/c1-9-14(8-21-20-9)19-11-5-10(6-18-7-11)12-3-2-4-13(17)15(12)16/h2-8,19H,1H3. The lowest BCUT2D eigenvalue weighted by Gasteiger charge is -2.08. The molecule has 0 unspecified atom stereocenters. The highest BCUT2D eigenvalue weighted by molar-refractivity contribution is 6.33. The maximum atomic E-state index is 13.5. The molecule has 0 fully saturated rings. The van der Waals surface area contributed by atoms with E-state index in [4.69, 9.17) is 16.1 Å². The number of aromatic nitrogens is 2. The fraction of sp³-hybridized carbons (Fsp3) is 0.0667. The van der Waals surface area contributed by atoms with Gasteiger partial charge in [0.25, 0.3) is 0 Å². The van der Waals surface area contributed by atoms with Gasteiger partial charge in [-0.05, 0) is 19.1 Å². The summed E-state index contributed by atoms with van der Waals surface area (Å²) < 4.78 is 18.4. The van der Waals surface area contributed by atoms with Crippen LogP contribution in [0, 0.1) is 12.7 Å². The van der Waals surface area contributed by atoms with Gasteiger partial charge in [-0.2, -0.15) is 0 Å². The normalized spacial score (nSPS) is 10.6. The Morgan fingerprint density at radius 3 is 2.90 bits per heavy atom. The zero-order valence-electron chi connectivity index (χ0n) is 11.1. The highest BCUT2D eigenvalue weighted by atomic mass is 35.5. The molecule has 0 amide bonds. The predicted octanol–water partition coefficient (Wildman–Crippen LogP) is 4.58. The fourth-order valence-electron chi connectivity index (χ4n) is 1.95. The van der Waals surface area contributed by atoms with Crippen LogP contribution in [0.5, 0.6) is 0 Å². The monoisotopic (exact) mass is 303 g/mol. The van der Waals surface area contributed by atoms with Gasteiger partial charge >= 0.3 is 0 Å². The van der Waals surface area contributed by atoms with Crippen molar-refractivity contribution in [1.29, 1.82) is 0 Å². The van der Waals surface area contributed by atoms with E-state index in [2.05, 4.69) is 15.5 Å². The van der Waals surface area contributed by atoms with Crippen molar-refractivity contribution in [2.24, 2.45) is 0 Å². The Kier molecular flexibility index (Phi) is 3.58. The molecule has 0 spiro atoms. The SMILES string of the molecule is Cc1nocc1Nc1cncc(-c2cccc(F)c2Cl)c1. The Hall–Kier alpha value is -2.40. The number of rotatable bonds is 3. The second-order valence-electron chi connectivity index (χ2n) is 4.50. The number of nitrogens with one attached hydrogen (secondary N) is 1. The molecule has 0 saturated heterocycles. The number of anilines is 2. The van der Waals surface area contributed by atoms with Gasteiger partial charge in [0.2, 0.25) is 0 Å². The molecule has 0 aliphatic carbocycles. The van der Waals surface area contributed by atoms with E-state index < -0.39 is 5.82 Å². The minimum atomic E-state index is -0.456. The third-order valence-corrected chi connectivity index (χ3v) is 3.41. The molecule has 0 atom stereocenters. The summed E-state index contributed by atoms with van der Waals surface area (Å²) in [4.78, 5) is 4.15. The van der Waals surface area contributed by atoms with Gasteiger partial charge in [-0.15, -0.1) is 0 Å². The Morgan fingerprint density at radius 1 is 1.29 bits per heavy atom. The van der Waals surface area contributed by atoms with Crippen LogP contribution >= 0.6 is 11.6 Å². The molecule has 1 N–H and O–H groups in total. The Morgan fingerprint density at radius 2 is 2.14 bits per heavy atom. The third-order valence-electron chi connectivity index (χ3n) is 3.03. The van der Waals surface area contributed by atoms with Crippen LogP contribution in [0.4, 0.5) is 15.8 Å². The smallest absolute Gasteiger partial charge is 0.147 e. The summed E-state index contributed by atoms with van der Waals surface area (Å²) in [6, 6.07) is 6.51. The van der Waals surface area contributed by atoms with Crippen molar-refractivity contribution < 1.29 is 8.91 Å². The Balaban J connectivity index is 1.97. The molecule has 3 aromatic rings. The van der Waals surface area contributed by atoms with Crippen LogP contribution < -0.4 is 5.32 Å². The summed E-state index contributed by atoms with van der Waals surface area (Å²) in [5.41, 5.74) is 3.54. The average Bonchev–Trinajstić information content (AvgIpc) is 2.88. The first-order valence-electron chi connectivity index (χ1n) is 6.22. The molecule has 6 heteroatoms. The summed E-state index contributed by atoms with van der Waals surface area (Å²) in [7, 11) is 0. The molecular formula is C15H11ClFN3O. The lowest BCUT2D eigenvalue weighted by molar-refractivity contribution is 0.415. The first-order chi connectivity index (χ1) is 10.1. The zero-order chi connectivity index (χ0) is 14.8. The number of aryl methyl sites for hydroxylation is 1. The van der Waals surface area contributed by atoms with Crippen LogP contribution in [0.2, 0.25) is 5.02 Å². The van der Waals surface area contributed by atoms with Crippen molar-refractivity contribution in [3.05, 3.63) is 59.5 Å². The summed E-state index contributed by atoms with van der Waals surface area (Å²) in [6.07, 6.45) is 4.80. The van der Waals surface area contributed by atoms with Crippen molar-refractivity contribution in [3.8, 4) is 11.1 Å². The largest absolute Gasteiger partial charge is 0.362 e. The molecule has 106 valence electrons.